The molecule has 0 aliphatic carbocycles. The smallest absolute Gasteiger partial charge is 0.310 e. The van der Waals surface area contributed by atoms with E-state index in [9.17, 15) is 19.5 Å². The van der Waals surface area contributed by atoms with Crippen LogP contribution in [0, 0.1) is 11.8 Å². The molecule has 0 aromatic rings. The molecule has 2 unspecified atom stereocenters. The Labute approximate surface area is 201 Å². The zero-order chi connectivity index (χ0) is 24.0. The number of aliphatic hydroxyl groups is 1. The average Bonchev–Trinajstić information content (AvgIpc) is 3.45. The summed E-state index contributed by atoms with van der Waals surface area (Å²) in [4.78, 5) is 44.1. The van der Waals surface area contributed by atoms with Crippen LogP contribution in [0.3, 0.4) is 0 Å². The van der Waals surface area contributed by atoms with Crippen molar-refractivity contribution in [2.45, 2.75) is 67.9 Å². The van der Waals surface area contributed by atoms with E-state index >= 15 is 0 Å². The van der Waals surface area contributed by atoms with Crippen LogP contribution in [0.4, 0.5) is 0 Å². The van der Waals surface area contributed by atoms with E-state index in [2.05, 4.69) is 20.1 Å². The third-order valence-corrected chi connectivity index (χ3v) is 9.05. The molecule has 7 nitrogen and oxygen atoms in total. The number of likely N-dealkylation sites (tertiary alicyclic amines) is 1. The van der Waals surface area contributed by atoms with Gasteiger partial charge in [0.05, 0.1) is 23.2 Å². The van der Waals surface area contributed by atoms with E-state index in [0.29, 0.717) is 39.1 Å². The first kappa shape index (κ1) is 25.8. The molecule has 8 heteroatoms. The summed E-state index contributed by atoms with van der Waals surface area (Å²) >= 11 is 1.65. The zero-order valence-electron chi connectivity index (χ0n) is 19.7. The number of nitrogens with zero attached hydrogens (tertiary/aromatic N) is 2. The lowest BCUT2D eigenvalue weighted by Gasteiger charge is -2.37. The number of amides is 2. The molecule has 0 aromatic carbocycles. The van der Waals surface area contributed by atoms with E-state index in [1.54, 1.807) is 33.7 Å². The summed E-state index contributed by atoms with van der Waals surface area (Å²) in [6, 6.07) is -0.619. The molecule has 1 N–H and O–H groups in total. The zero-order valence-corrected chi connectivity index (χ0v) is 20.6. The van der Waals surface area contributed by atoms with Crippen molar-refractivity contribution in [2.24, 2.45) is 11.8 Å². The van der Waals surface area contributed by atoms with Crippen LogP contribution in [-0.2, 0) is 19.1 Å². The summed E-state index contributed by atoms with van der Waals surface area (Å²) in [7, 11) is 0. The molecular formula is C25H38N2O5S. The van der Waals surface area contributed by atoms with Gasteiger partial charge in [0.2, 0.25) is 11.8 Å². The fourth-order valence-electron chi connectivity index (χ4n) is 5.65. The molecule has 5 atom stereocenters. The molecule has 0 radical (unpaired) electrons. The fraction of sp³-hybridized carbons (Fsp3) is 0.720. The monoisotopic (exact) mass is 478 g/mol. The van der Waals surface area contributed by atoms with Crippen molar-refractivity contribution < 1.29 is 24.2 Å². The van der Waals surface area contributed by atoms with Crippen LogP contribution in [-0.4, -0.2) is 81.6 Å². The molecular weight excluding hydrogens is 440 g/mol. The minimum atomic E-state index is -0.619. The van der Waals surface area contributed by atoms with E-state index in [-0.39, 0.29) is 29.6 Å². The van der Waals surface area contributed by atoms with E-state index in [0.717, 1.165) is 32.1 Å². The van der Waals surface area contributed by atoms with E-state index < -0.39 is 22.6 Å². The van der Waals surface area contributed by atoms with E-state index in [1.165, 1.54) is 0 Å². The molecule has 3 aliphatic rings. The number of allylic oxidation sites excluding steroid dienone is 1. The third-order valence-electron chi connectivity index (χ3n) is 7.10. The standard InChI is InChI=1S/C25H38N2O5S/c1-4-7-9-17-32-24(31)19-18-11-12-25(33-18)20(19)22(29)27(15-10-16-28)21(25)23(30)26(13-6-3)14-8-5-2/h4,6,18-21,28H,1,3,5,7-17H2,2H3/t18-,19+,20+,21?,25?/m1/s1. The van der Waals surface area contributed by atoms with Crippen LogP contribution in [0.15, 0.2) is 25.3 Å². The molecule has 2 amide bonds. The fourth-order valence-corrected chi connectivity index (χ4v) is 7.85. The Kier molecular flexibility index (Phi) is 9.04. The highest BCUT2D eigenvalue weighted by molar-refractivity contribution is 8.02. The Hall–Kier alpha value is -1.80. The van der Waals surface area contributed by atoms with Crippen molar-refractivity contribution >= 4 is 29.5 Å². The van der Waals surface area contributed by atoms with Crippen molar-refractivity contribution in [1.82, 2.24) is 9.80 Å². The number of unbranched alkanes of at least 4 members (excludes halogenated alkanes) is 2. The predicted octanol–water partition coefficient (Wildman–Crippen LogP) is 2.78. The number of esters is 1. The molecule has 0 saturated carbocycles. The number of aliphatic hydroxyl groups excluding tert-OH is 1. The van der Waals surface area contributed by atoms with Crippen LogP contribution in [0.5, 0.6) is 0 Å². The molecule has 3 saturated heterocycles. The summed E-state index contributed by atoms with van der Waals surface area (Å²) in [5.41, 5.74) is 0. The van der Waals surface area contributed by atoms with Gasteiger partial charge in [0.15, 0.2) is 0 Å². The molecule has 3 aliphatic heterocycles. The van der Waals surface area contributed by atoms with E-state index in [1.807, 2.05) is 0 Å². The maximum Gasteiger partial charge on any atom is 0.310 e. The van der Waals surface area contributed by atoms with Gasteiger partial charge < -0.3 is 19.6 Å². The maximum absolute atomic E-state index is 13.9. The van der Waals surface area contributed by atoms with Crippen LogP contribution < -0.4 is 0 Å². The highest BCUT2D eigenvalue weighted by Crippen LogP contribution is 2.66. The lowest BCUT2D eigenvalue weighted by Crippen LogP contribution is -2.55. The first-order valence-corrected chi connectivity index (χ1v) is 13.1. The summed E-state index contributed by atoms with van der Waals surface area (Å²) in [5.74, 6) is -1.58. The average molecular weight is 479 g/mol. The first-order chi connectivity index (χ1) is 16.0. The van der Waals surface area contributed by atoms with Crippen LogP contribution in [0.25, 0.3) is 0 Å². The molecule has 3 heterocycles. The van der Waals surface area contributed by atoms with Crippen molar-refractivity contribution in [3.8, 4) is 0 Å². The molecule has 184 valence electrons. The third kappa shape index (κ3) is 4.87. The Morgan fingerprint density at radius 2 is 2.09 bits per heavy atom. The van der Waals surface area contributed by atoms with Gasteiger partial charge >= 0.3 is 5.97 Å². The summed E-state index contributed by atoms with van der Waals surface area (Å²) in [6.07, 6.45) is 8.77. The number of thioether (sulfide) groups is 1. The molecule has 1 spiro atoms. The second kappa shape index (κ2) is 11.6. The topological polar surface area (TPSA) is 87.1 Å². The lowest BCUT2D eigenvalue weighted by molar-refractivity contribution is -0.154. The Morgan fingerprint density at radius 1 is 1.30 bits per heavy atom. The molecule has 2 bridgehead atoms. The largest absolute Gasteiger partial charge is 0.465 e. The minimum absolute atomic E-state index is 0.00430. The molecule has 3 rings (SSSR count). The highest BCUT2D eigenvalue weighted by atomic mass is 32.2. The van der Waals surface area contributed by atoms with Crippen LogP contribution in [0.1, 0.15) is 51.9 Å². The quantitative estimate of drug-likeness (QED) is 0.235. The number of hydrogen-bond acceptors (Lipinski definition) is 6. The van der Waals surface area contributed by atoms with Crippen molar-refractivity contribution in [3.63, 3.8) is 0 Å². The van der Waals surface area contributed by atoms with Gasteiger partial charge in [-0.2, -0.15) is 0 Å². The number of fused-ring (bicyclic) bond motifs is 1. The number of hydrogen-bond donors (Lipinski definition) is 1. The van der Waals surface area contributed by atoms with Crippen molar-refractivity contribution in [2.75, 3.05) is 32.8 Å². The first-order valence-electron chi connectivity index (χ1n) is 12.2. The van der Waals surface area contributed by atoms with Gasteiger partial charge in [-0.1, -0.05) is 25.5 Å². The second-order valence-corrected chi connectivity index (χ2v) is 10.8. The summed E-state index contributed by atoms with van der Waals surface area (Å²) in [5, 5.41) is 9.43. The number of carbonyl (C=O) groups excluding carboxylic acids is 3. The SMILES string of the molecule is C=CCCCOC(=O)[C@@H]1[C@H]2C(=O)N(CCCO)C(C(=O)N(CC=C)CCCC)C23CC[C@H]1S3. The lowest BCUT2D eigenvalue weighted by atomic mass is 9.71. The van der Waals surface area contributed by atoms with Crippen LogP contribution in [0.2, 0.25) is 0 Å². The molecule has 3 fully saturated rings. The number of carbonyl (C=O) groups is 3. The second-order valence-electron chi connectivity index (χ2n) is 9.19. The predicted molar refractivity (Wildman–Crippen MR) is 130 cm³/mol. The summed E-state index contributed by atoms with van der Waals surface area (Å²) < 4.78 is 4.96. The minimum Gasteiger partial charge on any atom is -0.465 e. The molecule has 0 aromatic heterocycles. The van der Waals surface area contributed by atoms with Gasteiger partial charge in [-0.25, -0.2) is 0 Å². The summed E-state index contributed by atoms with van der Waals surface area (Å²) in [6.45, 7) is 11.2. The Bertz CT molecular complexity index is 759. The van der Waals surface area contributed by atoms with E-state index in [4.69, 9.17) is 4.74 Å². The number of ether oxygens (including phenoxy) is 1. The number of rotatable bonds is 14. The highest BCUT2D eigenvalue weighted by Gasteiger charge is 2.74. The van der Waals surface area contributed by atoms with Gasteiger partial charge in [0.25, 0.3) is 0 Å². The van der Waals surface area contributed by atoms with Gasteiger partial charge in [-0.3, -0.25) is 14.4 Å². The van der Waals surface area contributed by atoms with Gasteiger partial charge in [0.1, 0.15) is 6.04 Å². The Balaban J connectivity index is 1.89. The van der Waals surface area contributed by atoms with Gasteiger partial charge in [0, 0.05) is 31.5 Å². The molecule has 33 heavy (non-hydrogen) atoms. The van der Waals surface area contributed by atoms with Gasteiger partial charge in [-0.05, 0) is 38.5 Å². The van der Waals surface area contributed by atoms with Crippen LogP contribution >= 0.6 is 11.8 Å². The van der Waals surface area contributed by atoms with Gasteiger partial charge in [-0.15, -0.1) is 24.9 Å². The van der Waals surface area contributed by atoms with Crippen molar-refractivity contribution in [1.29, 1.82) is 0 Å². The Morgan fingerprint density at radius 3 is 2.76 bits per heavy atom. The normalized spacial score (nSPS) is 29.8. The maximum atomic E-state index is 13.9. The van der Waals surface area contributed by atoms with Crippen molar-refractivity contribution in [3.05, 3.63) is 25.3 Å².